The van der Waals surface area contributed by atoms with Gasteiger partial charge in [0, 0.05) is 13.1 Å². The van der Waals surface area contributed by atoms with Gasteiger partial charge in [0.1, 0.15) is 5.82 Å². The number of aryl methyl sites for hydroxylation is 1. The van der Waals surface area contributed by atoms with E-state index in [0.29, 0.717) is 13.1 Å². The Labute approximate surface area is 81.5 Å². The predicted octanol–water partition coefficient (Wildman–Crippen LogP) is 0.169. The number of carbonyl (C=O) groups is 1. The minimum absolute atomic E-state index is 0.308. The number of amides is 1. The number of ether oxygens (including phenoxy) is 1. The van der Waals surface area contributed by atoms with Crippen LogP contribution in [0.5, 0.6) is 0 Å². The third-order valence-corrected chi connectivity index (χ3v) is 2.37. The number of aromatic nitrogens is 3. The molecule has 2 rings (SSSR count). The topological polar surface area (TPSA) is 60.2 Å². The van der Waals surface area contributed by atoms with Gasteiger partial charge >= 0.3 is 6.09 Å². The summed E-state index contributed by atoms with van der Waals surface area (Å²) in [4.78, 5) is 12.8. The Balaban J connectivity index is 2.18. The maximum absolute atomic E-state index is 11.2. The van der Waals surface area contributed by atoms with Crippen LogP contribution in [-0.2, 0) is 17.8 Å². The highest BCUT2D eigenvalue weighted by Crippen LogP contribution is 2.12. The van der Waals surface area contributed by atoms with E-state index in [1.807, 2.05) is 11.5 Å². The first-order chi connectivity index (χ1) is 6.72. The lowest BCUT2D eigenvalue weighted by Crippen LogP contribution is -2.38. The van der Waals surface area contributed by atoms with Crippen LogP contribution < -0.4 is 0 Å². The molecular weight excluding hydrogens is 184 g/mol. The molecule has 0 saturated carbocycles. The van der Waals surface area contributed by atoms with Gasteiger partial charge < -0.3 is 9.30 Å². The second-order valence-electron chi connectivity index (χ2n) is 3.21. The molecule has 14 heavy (non-hydrogen) atoms. The lowest BCUT2D eigenvalue weighted by Gasteiger charge is -2.26. The van der Waals surface area contributed by atoms with Gasteiger partial charge in [0.25, 0.3) is 0 Å². The van der Waals surface area contributed by atoms with E-state index >= 15 is 0 Å². The molecule has 1 amide bonds. The quantitative estimate of drug-likeness (QED) is 0.593. The van der Waals surface area contributed by atoms with E-state index in [0.717, 1.165) is 18.2 Å². The summed E-state index contributed by atoms with van der Waals surface area (Å²) in [5.41, 5.74) is 0. The molecule has 0 unspecified atom stereocenters. The molecule has 0 bridgehead atoms. The van der Waals surface area contributed by atoms with Crippen LogP contribution in [0.3, 0.4) is 0 Å². The van der Waals surface area contributed by atoms with Crippen molar-refractivity contribution in [1.29, 1.82) is 0 Å². The molecule has 0 spiro atoms. The fourth-order valence-electron chi connectivity index (χ4n) is 1.59. The van der Waals surface area contributed by atoms with Crippen molar-refractivity contribution in [2.75, 3.05) is 13.7 Å². The Morgan fingerprint density at radius 3 is 2.93 bits per heavy atom. The first-order valence-electron chi connectivity index (χ1n) is 4.44. The van der Waals surface area contributed by atoms with E-state index in [2.05, 4.69) is 14.9 Å². The van der Waals surface area contributed by atoms with E-state index < -0.39 is 0 Å². The third kappa shape index (κ3) is 1.32. The maximum Gasteiger partial charge on any atom is 0.409 e. The Morgan fingerprint density at radius 2 is 2.21 bits per heavy atom. The standard InChI is InChI=1S/C8H12N4O2/c1-6-9-10-7-5-11(8(13)14-2)3-4-12(6)7/h3-5H2,1-2H3. The number of rotatable bonds is 0. The number of hydrogen-bond acceptors (Lipinski definition) is 4. The Hall–Kier alpha value is -1.59. The molecule has 6 nitrogen and oxygen atoms in total. The van der Waals surface area contributed by atoms with Crippen LogP contribution in [0, 0.1) is 6.92 Å². The Morgan fingerprint density at radius 1 is 1.43 bits per heavy atom. The van der Waals surface area contributed by atoms with Crippen LogP contribution in [0.2, 0.25) is 0 Å². The minimum Gasteiger partial charge on any atom is -0.453 e. The predicted molar refractivity (Wildman–Crippen MR) is 47.6 cm³/mol. The van der Waals surface area contributed by atoms with Crippen molar-refractivity contribution >= 4 is 6.09 Å². The highest BCUT2D eigenvalue weighted by atomic mass is 16.5. The Kier molecular flexibility index (Phi) is 2.11. The summed E-state index contributed by atoms with van der Waals surface area (Å²) >= 11 is 0. The lowest BCUT2D eigenvalue weighted by atomic mass is 10.3. The van der Waals surface area contributed by atoms with Gasteiger partial charge in [0.15, 0.2) is 5.82 Å². The van der Waals surface area contributed by atoms with Gasteiger partial charge in [-0.3, -0.25) is 4.90 Å². The molecule has 1 aliphatic rings. The minimum atomic E-state index is -0.308. The number of nitrogens with zero attached hydrogens (tertiary/aromatic N) is 4. The number of carbonyl (C=O) groups excluding carboxylic acids is 1. The van der Waals surface area contributed by atoms with Gasteiger partial charge in [-0.2, -0.15) is 0 Å². The van der Waals surface area contributed by atoms with Crippen LogP contribution >= 0.6 is 0 Å². The molecule has 2 heterocycles. The summed E-state index contributed by atoms with van der Waals surface area (Å²) in [7, 11) is 1.38. The molecule has 0 N–H and O–H groups in total. The summed E-state index contributed by atoms with van der Waals surface area (Å²) in [6.45, 7) is 3.78. The highest BCUT2D eigenvalue weighted by molar-refractivity contribution is 5.67. The average molecular weight is 196 g/mol. The van der Waals surface area contributed by atoms with Crippen molar-refractivity contribution in [3.63, 3.8) is 0 Å². The van der Waals surface area contributed by atoms with Crippen molar-refractivity contribution in [2.24, 2.45) is 0 Å². The Bertz CT molecular complexity index is 360. The molecule has 0 radical (unpaired) electrons. The number of hydrogen-bond donors (Lipinski definition) is 0. The third-order valence-electron chi connectivity index (χ3n) is 2.37. The van der Waals surface area contributed by atoms with Crippen LogP contribution in [-0.4, -0.2) is 39.4 Å². The van der Waals surface area contributed by atoms with Crippen LogP contribution in [0.25, 0.3) is 0 Å². The van der Waals surface area contributed by atoms with Crippen LogP contribution in [0.4, 0.5) is 4.79 Å². The van der Waals surface area contributed by atoms with Gasteiger partial charge in [-0.15, -0.1) is 10.2 Å². The second kappa shape index (κ2) is 3.28. The van der Waals surface area contributed by atoms with Gasteiger partial charge in [-0.05, 0) is 6.92 Å². The molecule has 0 saturated heterocycles. The fourth-order valence-corrected chi connectivity index (χ4v) is 1.59. The van der Waals surface area contributed by atoms with Crippen LogP contribution in [0.15, 0.2) is 0 Å². The molecular formula is C8H12N4O2. The average Bonchev–Trinajstić information content (AvgIpc) is 2.59. The van der Waals surface area contributed by atoms with E-state index in [9.17, 15) is 4.79 Å². The van der Waals surface area contributed by atoms with Crippen molar-refractivity contribution in [3.8, 4) is 0 Å². The van der Waals surface area contributed by atoms with Crippen molar-refractivity contribution < 1.29 is 9.53 Å². The SMILES string of the molecule is COC(=O)N1CCn2c(C)nnc2C1. The van der Waals surface area contributed by atoms with Gasteiger partial charge in [0.05, 0.1) is 13.7 Å². The number of methoxy groups -OCH3 is 1. The molecule has 1 aliphatic heterocycles. The summed E-state index contributed by atoms with van der Waals surface area (Å²) < 4.78 is 6.65. The van der Waals surface area contributed by atoms with Crippen molar-refractivity contribution in [1.82, 2.24) is 19.7 Å². The summed E-state index contributed by atoms with van der Waals surface area (Å²) in [6.07, 6.45) is -0.308. The van der Waals surface area contributed by atoms with E-state index in [4.69, 9.17) is 0 Å². The zero-order valence-corrected chi connectivity index (χ0v) is 8.23. The number of fused-ring (bicyclic) bond motifs is 1. The zero-order valence-electron chi connectivity index (χ0n) is 8.23. The molecule has 1 aromatic rings. The molecule has 0 fully saturated rings. The van der Waals surface area contributed by atoms with E-state index in [1.54, 1.807) is 4.90 Å². The van der Waals surface area contributed by atoms with Crippen molar-refractivity contribution in [3.05, 3.63) is 11.6 Å². The van der Waals surface area contributed by atoms with Gasteiger partial charge in [-0.25, -0.2) is 4.79 Å². The zero-order chi connectivity index (χ0) is 10.1. The first kappa shape index (κ1) is 8.98. The second-order valence-corrected chi connectivity index (χ2v) is 3.21. The van der Waals surface area contributed by atoms with Gasteiger partial charge in [-0.1, -0.05) is 0 Å². The fraction of sp³-hybridized carbons (Fsp3) is 0.625. The lowest BCUT2D eigenvalue weighted by molar-refractivity contribution is 0.111. The molecule has 0 aromatic carbocycles. The highest BCUT2D eigenvalue weighted by Gasteiger charge is 2.23. The largest absolute Gasteiger partial charge is 0.453 e. The molecule has 6 heteroatoms. The molecule has 1 aromatic heterocycles. The van der Waals surface area contributed by atoms with E-state index in [1.165, 1.54) is 7.11 Å². The summed E-state index contributed by atoms with van der Waals surface area (Å²) in [5, 5.41) is 7.94. The molecule has 0 atom stereocenters. The molecule has 0 aliphatic carbocycles. The van der Waals surface area contributed by atoms with E-state index in [-0.39, 0.29) is 6.09 Å². The van der Waals surface area contributed by atoms with Gasteiger partial charge in [0.2, 0.25) is 0 Å². The normalized spacial score (nSPS) is 15.1. The van der Waals surface area contributed by atoms with Crippen LogP contribution in [0.1, 0.15) is 11.6 Å². The smallest absolute Gasteiger partial charge is 0.409 e. The monoisotopic (exact) mass is 196 g/mol. The first-order valence-corrected chi connectivity index (χ1v) is 4.44. The van der Waals surface area contributed by atoms with Crippen molar-refractivity contribution in [2.45, 2.75) is 20.0 Å². The maximum atomic E-state index is 11.2. The summed E-state index contributed by atoms with van der Waals surface area (Å²) in [5.74, 6) is 1.71. The summed E-state index contributed by atoms with van der Waals surface area (Å²) in [6, 6.07) is 0. The molecule has 76 valence electrons.